The van der Waals surface area contributed by atoms with E-state index in [4.69, 9.17) is 0 Å². The van der Waals surface area contributed by atoms with Crippen LogP contribution < -0.4 is 10.6 Å². The molecule has 0 radical (unpaired) electrons. The van der Waals surface area contributed by atoms with E-state index in [2.05, 4.69) is 25.4 Å². The molecule has 0 bridgehead atoms. The summed E-state index contributed by atoms with van der Waals surface area (Å²) >= 11 is 0. The van der Waals surface area contributed by atoms with Gasteiger partial charge in [-0.3, -0.25) is 9.59 Å². The van der Waals surface area contributed by atoms with Crippen molar-refractivity contribution in [1.29, 1.82) is 0 Å². The predicted octanol–water partition coefficient (Wildman–Crippen LogP) is 1.75. The number of fused-ring (bicyclic) bond motifs is 2. The lowest BCUT2D eigenvalue weighted by Gasteiger charge is -2.24. The Morgan fingerprint density at radius 2 is 2.12 bits per heavy atom. The molecule has 2 N–H and O–H groups in total. The van der Waals surface area contributed by atoms with Gasteiger partial charge in [0.05, 0.1) is 12.5 Å². The van der Waals surface area contributed by atoms with Crippen molar-refractivity contribution in [3.63, 3.8) is 0 Å². The van der Waals surface area contributed by atoms with Gasteiger partial charge in [-0.2, -0.15) is 0 Å². The fraction of sp³-hybridized carbons (Fsp3) is 0.444. The molecule has 2 aliphatic heterocycles. The van der Waals surface area contributed by atoms with E-state index in [1.807, 2.05) is 24.3 Å². The third-order valence-electron chi connectivity index (χ3n) is 4.92. The van der Waals surface area contributed by atoms with Crippen molar-refractivity contribution in [2.45, 2.75) is 51.1 Å². The largest absolute Gasteiger partial charge is 0.348 e. The van der Waals surface area contributed by atoms with Crippen LogP contribution in [-0.2, 0) is 29.1 Å². The molecule has 4 rings (SSSR count). The van der Waals surface area contributed by atoms with E-state index >= 15 is 0 Å². The number of rotatable bonds is 3. The van der Waals surface area contributed by atoms with Gasteiger partial charge in [-0.05, 0) is 24.5 Å². The number of hydrogen-bond acceptors (Lipinski definition) is 4. The molecule has 7 nitrogen and oxygen atoms in total. The zero-order valence-electron chi connectivity index (χ0n) is 14.0. The van der Waals surface area contributed by atoms with Crippen molar-refractivity contribution in [2.24, 2.45) is 0 Å². The Bertz CT molecular complexity index is 814. The Labute approximate surface area is 145 Å². The van der Waals surface area contributed by atoms with Crippen LogP contribution in [0, 0.1) is 0 Å². The van der Waals surface area contributed by atoms with Gasteiger partial charge in [-0.25, -0.2) is 0 Å². The van der Waals surface area contributed by atoms with Crippen LogP contribution in [0.15, 0.2) is 24.3 Å². The smallest absolute Gasteiger partial charge is 0.228 e. The van der Waals surface area contributed by atoms with Crippen LogP contribution in [0.25, 0.3) is 0 Å². The first-order valence-corrected chi connectivity index (χ1v) is 8.80. The minimum atomic E-state index is -0.462. The molecule has 0 spiro atoms. The summed E-state index contributed by atoms with van der Waals surface area (Å²) in [4.78, 5) is 24.6. The van der Waals surface area contributed by atoms with Gasteiger partial charge in [0.2, 0.25) is 11.8 Å². The minimum Gasteiger partial charge on any atom is -0.348 e. The van der Waals surface area contributed by atoms with E-state index in [9.17, 15) is 9.59 Å². The van der Waals surface area contributed by atoms with E-state index in [0.29, 0.717) is 6.54 Å². The van der Waals surface area contributed by atoms with E-state index in [1.165, 1.54) is 6.42 Å². The van der Waals surface area contributed by atoms with Crippen LogP contribution in [0.1, 0.15) is 48.8 Å². The average molecular weight is 339 g/mol. The van der Waals surface area contributed by atoms with Gasteiger partial charge < -0.3 is 15.2 Å². The zero-order valence-corrected chi connectivity index (χ0v) is 14.0. The number of nitrogens with zero attached hydrogens (tertiary/aromatic N) is 3. The molecule has 2 aliphatic rings. The molecular formula is C18H21N5O2. The second-order valence-electron chi connectivity index (χ2n) is 6.60. The number of carbonyl (C=O) groups is 2. The SMILES string of the molecule is O=C1C[C@H](C(=O)NCc2nnc3n2CCCCC3)c2ccccc2N1. The highest BCUT2D eigenvalue weighted by Crippen LogP contribution is 2.32. The maximum Gasteiger partial charge on any atom is 0.228 e. The van der Waals surface area contributed by atoms with Crippen LogP contribution in [0.3, 0.4) is 0 Å². The monoisotopic (exact) mass is 339 g/mol. The third kappa shape index (κ3) is 3.14. The Hall–Kier alpha value is -2.70. The highest BCUT2D eigenvalue weighted by Gasteiger charge is 2.30. The van der Waals surface area contributed by atoms with Gasteiger partial charge in [0.1, 0.15) is 5.82 Å². The molecule has 7 heteroatoms. The van der Waals surface area contributed by atoms with Gasteiger partial charge in [-0.15, -0.1) is 10.2 Å². The lowest BCUT2D eigenvalue weighted by atomic mass is 9.90. The molecule has 1 aromatic heterocycles. The maximum atomic E-state index is 12.7. The highest BCUT2D eigenvalue weighted by atomic mass is 16.2. The molecule has 0 saturated carbocycles. The summed E-state index contributed by atoms with van der Waals surface area (Å²) in [6.45, 7) is 1.24. The fourth-order valence-corrected chi connectivity index (χ4v) is 3.61. The van der Waals surface area contributed by atoms with Crippen LogP contribution in [0.4, 0.5) is 5.69 Å². The first kappa shape index (κ1) is 15.8. The Morgan fingerprint density at radius 3 is 3.04 bits per heavy atom. The topological polar surface area (TPSA) is 88.9 Å². The normalized spacial score (nSPS) is 19.4. The molecule has 0 aliphatic carbocycles. The average Bonchev–Trinajstić information content (AvgIpc) is 2.85. The van der Waals surface area contributed by atoms with Crippen molar-refractivity contribution in [2.75, 3.05) is 5.32 Å². The molecule has 1 atom stereocenters. The number of carbonyl (C=O) groups excluding carboxylic acids is 2. The Balaban J connectivity index is 1.48. The van der Waals surface area contributed by atoms with Crippen LogP contribution in [0.5, 0.6) is 0 Å². The van der Waals surface area contributed by atoms with Crippen molar-refractivity contribution in [3.8, 4) is 0 Å². The molecule has 3 heterocycles. The number of aryl methyl sites for hydroxylation is 1. The van der Waals surface area contributed by atoms with Gasteiger partial charge in [0.15, 0.2) is 5.82 Å². The molecule has 0 unspecified atom stereocenters. The third-order valence-corrected chi connectivity index (χ3v) is 4.92. The highest BCUT2D eigenvalue weighted by molar-refractivity contribution is 6.01. The number of nitrogens with one attached hydrogen (secondary N) is 2. The summed E-state index contributed by atoms with van der Waals surface area (Å²) in [6.07, 6.45) is 4.56. The lowest BCUT2D eigenvalue weighted by Crippen LogP contribution is -2.35. The molecular weight excluding hydrogens is 318 g/mol. The zero-order chi connectivity index (χ0) is 17.2. The Morgan fingerprint density at radius 1 is 1.24 bits per heavy atom. The quantitative estimate of drug-likeness (QED) is 0.891. The molecule has 2 aromatic rings. The number of amides is 2. The first-order chi connectivity index (χ1) is 12.2. The number of hydrogen-bond donors (Lipinski definition) is 2. The molecule has 25 heavy (non-hydrogen) atoms. The van der Waals surface area contributed by atoms with Crippen LogP contribution in [-0.4, -0.2) is 26.6 Å². The number of aromatic nitrogens is 3. The van der Waals surface area contributed by atoms with Crippen molar-refractivity contribution >= 4 is 17.5 Å². The van der Waals surface area contributed by atoms with Crippen LogP contribution in [0.2, 0.25) is 0 Å². The second kappa shape index (κ2) is 6.66. The van der Waals surface area contributed by atoms with Gasteiger partial charge in [-0.1, -0.05) is 24.6 Å². The standard InChI is InChI=1S/C18H21N5O2/c24-17-10-13(12-6-3-4-7-14(12)20-17)18(25)19-11-16-22-21-15-8-2-1-5-9-23(15)16/h3-4,6-7,13H,1-2,5,8-11H2,(H,19,25)(H,20,24)/t13-/m0/s1. The minimum absolute atomic E-state index is 0.129. The Kier molecular flexibility index (Phi) is 4.21. The summed E-state index contributed by atoms with van der Waals surface area (Å²) in [7, 11) is 0. The van der Waals surface area contributed by atoms with Gasteiger partial charge in [0.25, 0.3) is 0 Å². The molecule has 130 valence electrons. The van der Waals surface area contributed by atoms with Gasteiger partial charge in [0, 0.05) is 25.1 Å². The summed E-state index contributed by atoms with van der Waals surface area (Å²) in [6, 6.07) is 7.45. The molecule has 1 aromatic carbocycles. The summed E-state index contributed by atoms with van der Waals surface area (Å²) in [5.74, 6) is 1.06. The van der Waals surface area contributed by atoms with E-state index < -0.39 is 5.92 Å². The number of anilines is 1. The molecule has 0 saturated heterocycles. The van der Waals surface area contributed by atoms with Crippen LogP contribution >= 0.6 is 0 Å². The van der Waals surface area contributed by atoms with E-state index in [0.717, 1.165) is 48.7 Å². The molecule has 0 fully saturated rings. The fourth-order valence-electron chi connectivity index (χ4n) is 3.61. The van der Waals surface area contributed by atoms with E-state index in [1.54, 1.807) is 0 Å². The van der Waals surface area contributed by atoms with Crippen molar-refractivity contribution < 1.29 is 9.59 Å². The maximum absolute atomic E-state index is 12.7. The summed E-state index contributed by atoms with van der Waals surface area (Å²) in [5.41, 5.74) is 1.58. The van der Waals surface area contributed by atoms with Crippen molar-refractivity contribution in [1.82, 2.24) is 20.1 Å². The van der Waals surface area contributed by atoms with Crippen molar-refractivity contribution in [3.05, 3.63) is 41.5 Å². The van der Waals surface area contributed by atoms with E-state index in [-0.39, 0.29) is 18.2 Å². The second-order valence-corrected chi connectivity index (χ2v) is 6.60. The first-order valence-electron chi connectivity index (χ1n) is 8.80. The number of benzene rings is 1. The van der Waals surface area contributed by atoms with Gasteiger partial charge >= 0.3 is 0 Å². The lowest BCUT2D eigenvalue weighted by molar-refractivity contribution is -0.126. The summed E-state index contributed by atoms with van der Waals surface area (Å²) in [5, 5.41) is 14.2. The summed E-state index contributed by atoms with van der Waals surface area (Å²) < 4.78 is 2.12. The molecule has 2 amide bonds. The number of para-hydroxylation sites is 1. The predicted molar refractivity (Wildman–Crippen MR) is 91.9 cm³/mol.